The van der Waals surface area contributed by atoms with Gasteiger partial charge in [0.15, 0.2) is 5.69 Å². The number of benzene rings is 1. The predicted molar refractivity (Wildman–Crippen MR) is 75.0 cm³/mol. The lowest BCUT2D eigenvalue weighted by Gasteiger charge is -2.29. The van der Waals surface area contributed by atoms with Gasteiger partial charge in [0.05, 0.1) is 5.52 Å². The molecule has 4 nitrogen and oxygen atoms in total. The van der Waals surface area contributed by atoms with Gasteiger partial charge in [-0.15, -0.1) is 0 Å². The van der Waals surface area contributed by atoms with E-state index in [2.05, 4.69) is 22.4 Å². The molecule has 0 aliphatic heterocycles. The summed E-state index contributed by atoms with van der Waals surface area (Å²) in [7, 11) is 0. The molecule has 1 saturated carbocycles. The lowest BCUT2D eigenvalue weighted by Crippen LogP contribution is -2.41. The van der Waals surface area contributed by atoms with Crippen molar-refractivity contribution in [2.45, 2.75) is 38.6 Å². The van der Waals surface area contributed by atoms with Crippen molar-refractivity contribution in [1.29, 1.82) is 0 Å². The van der Waals surface area contributed by atoms with Crippen LogP contribution in [-0.4, -0.2) is 22.1 Å². The molecule has 1 aliphatic carbocycles. The van der Waals surface area contributed by atoms with Gasteiger partial charge >= 0.3 is 0 Å². The zero-order valence-electron chi connectivity index (χ0n) is 11.1. The first-order valence-electron chi connectivity index (χ1n) is 6.99. The lowest BCUT2D eigenvalue weighted by molar-refractivity contribution is 0.0907. The van der Waals surface area contributed by atoms with E-state index < -0.39 is 0 Å². The number of nitrogens with zero attached hydrogens (tertiary/aromatic N) is 1. The number of carbonyl (C=O) groups is 1. The maximum atomic E-state index is 12.3. The Morgan fingerprint density at radius 2 is 2.11 bits per heavy atom. The van der Waals surface area contributed by atoms with Gasteiger partial charge in [-0.25, -0.2) is 0 Å². The van der Waals surface area contributed by atoms with Crippen molar-refractivity contribution in [2.24, 2.45) is 5.92 Å². The number of rotatable bonds is 2. The number of carbonyl (C=O) groups excluding carboxylic acids is 1. The second kappa shape index (κ2) is 5.03. The molecule has 1 aromatic heterocycles. The summed E-state index contributed by atoms with van der Waals surface area (Å²) >= 11 is 0. The summed E-state index contributed by atoms with van der Waals surface area (Å²) in [6, 6.07) is 8.01. The quantitative estimate of drug-likeness (QED) is 0.869. The molecule has 1 aliphatic rings. The van der Waals surface area contributed by atoms with Crippen molar-refractivity contribution in [2.75, 3.05) is 0 Å². The standard InChI is InChI=1S/C15H19N3O/c1-10-6-2-4-8-12(10)16-15(19)14-11-7-3-5-9-13(11)17-18-14/h3,5,7,9-10,12H,2,4,6,8H2,1H3,(H,16,19)(H,17,18). The number of aromatic amines is 1. The van der Waals surface area contributed by atoms with Crippen LogP contribution < -0.4 is 5.32 Å². The van der Waals surface area contributed by atoms with Crippen molar-refractivity contribution in [3.63, 3.8) is 0 Å². The van der Waals surface area contributed by atoms with Gasteiger partial charge in [-0.1, -0.05) is 38.0 Å². The highest BCUT2D eigenvalue weighted by molar-refractivity contribution is 6.04. The fourth-order valence-electron chi connectivity index (χ4n) is 2.90. The number of aromatic nitrogens is 2. The molecule has 0 spiro atoms. The Bertz CT molecular complexity index is 590. The number of hydrogen-bond acceptors (Lipinski definition) is 2. The molecule has 4 heteroatoms. The van der Waals surface area contributed by atoms with Crippen molar-refractivity contribution < 1.29 is 4.79 Å². The first-order chi connectivity index (χ1) is 9.25. The van der Waals surface area contributed by atoms with Gasteiger partial charge in [0, 0.05) is 11.4 Å². The van der Waals surface area contributed by atoms with Crippen LogP contribution in [0.4, 0.5) is 0 Å². The number of para-hydroxylation sites is 1. The van der Waals surface area contributed by atoms with Crippen molar-refractivity contribution in [1.82, 2.24) is 15.5 Å². The van der Waals surface area contributed by atoms with E-state index in [9.17, 15) is 4.79 Å². The molecule has 0 saturated heterocycles. The van der Waals surface area contributed by atoms with Gasteiger partial charge < -0.3 is 5.32 Å². The van der Waals surface area contributed by atoms with E-state index in [1.165, 1.54) is 19.3 Å². The minimum atomic E-state index is -0.0591. The Hall–Kier alpha value is -1.84. The van der Waals surface area contributed by atoms with E-state index in [1.807, 2.05) is 24.3 Å². The smallest absolute Gasteiger partial charge is 0.272 e. The van der Waals surface area contributed by atoms with Crippen LogP contribution in [0.15, 0.2) is 24.3 Å². The van der Waals surface area contributed by atoms with Crippen LogP contribution in [0, 0.1) is 5.92 Å². The fourth-order valence-corrected chi connectivity index (χ4v) is 2.90. The number of nitrogens with one attached hydrogen (secondary N) is 2. The van der Waals surface area contributed by atoms with Gasteiger partial charge in [0.1, 0.15) is 0 Å². The second-order valence-corrected chi connectivity index (χ2v) is 5.46. The molecule has 1 aromatic carbocycles. The zero-order chi connectivity index (χ0) is 13.2. The molecule has 2 unspecified atom stereocenters. The topological polar surface area (TPSA) is 57.8 Å². The summed E-state index contributed by atoms with van der Waals surface area (Å²) in [5.74, 6) is 0.499. The third kappa shape index (κ3) is 2.35. The Morgan fingerprint density at radius 1 is 1.32 bits per heavy atom. The predicted octanol–water partition coefficient (Wildman–Crippen LogP) is 2.87. The van der Waals surface area contributed by atoms with E-state index in [4.69, 9.17) is 0 Å². The lowest BCUT2D eigenvalue weighted by atomic mass is 9.86. The first kappa shape index (κ1) is 12.2. The van der Waals surface area contributed by atoms with E-state index in [0.717, 1.165) is 17.3 Å². The minimum absolute atomic E-state index is 0.0591. The highest BCUT2D eigenvalue weighted by Crippen LogP contribution is 2.24. The fraction of sp³-hybridized carbons (Fsp3) is 0.467. The molecule has 3 rings (SSSR count). The van der Waals surface area contributed by atoms with Crippen LogP contribution in [0.3, 0.4) is 0 Å². The van der Waals surface area contributed by atoms with Crippen molar-refractivity contribution in [3.8, 4) is 0 Å². The summed E-state index contributed by atoms with van der Waals surface area (Å²) in [6.07, 6.45) is 4.76. The Balaban J connectivity index is 1.80. The van der Waals surface area contributed by atoms with Crippen LogP contribution in [0.25, 0.3) is 10.9 Å². The largest absolute Gasteiger partial charge is 0.348 e. The molecule has 1 fully saturated rings. The van der Waals surface area contributed by atoms with Crippen LogP contribution in [0.2, 0.25) is 0 Å². The maximum absolute atomic E-state index is 12.3. The molecule has 0 radical (unpaired) electrons. The molecule has 2 aromatic rings. The summed E-state index contributed by atoms with van der Waals surface area (Å²) in [5.41, 5.74) is 1.41. The number of H-pyrrole nitrogens is 1. The first-order valence-corrected chi connectivity index (χ1v) is 6.99. The summed E-state index contributed by atoms with van der Waals surface area (Å²) in [4.78, 5) is 12.3. The number of fused-ring (bicyclic) bond motifs is 1. The van der Waals surface area contributed by atoms with E-state index in [-0.39, 0.29) is 11.9 Å². The van der Waals surface area contributed by atoms with E-state index in [1.54, 1.807) is 0 Å². The number of hydrogen-bond donors (Lipinski definition) is 2. The van der Waals surface area contributed by atoms with Gasteiger partial charge in [-0.05, 0) is 24.8 Å². The average molecular weight is 257 g/mol. The maximum Gasteiger partial charge on any atom is 0.272 e. The van der Waals surface area contributed by atoms with Gasteiger partial charge in [0.25, 0.3) is 5.91 Å². The van der Waals surface area contributed by atoms with Crippen LogP contribution in [-0.2, 0) is 0 Å². The molecule has 2 atom stereocenters. The van der Waals surface area contributed by atoms with Crippen molar-refractivity contribution >= 4 is 16.8 Å². The van der Waals surface area contributed by atoms with Crippen LogP contribution in [0.1, 0.15) is 43.1 Å². The third-order valence-electron chi connectivity index (χ3n) is 4.11. The monoisotopic (exact) mass is 257 g/mol. The third-order valence-corrected chi connectivity index (χ3v) is 4.11. The molecule has 19 heavy (non-hydrogen) atoms. The van der Waals surface area contributed by atoms with Crippen LogP contribution >= 0.6 is 0 Å². The molecule has 1 amide bonds. The molecule has 0 bridgehead atoms. The number of amides is 1. The van der Waals surface area contributed by atoms with E-state index in [0.29, 0.717) is 11.6 Å². The van der Waals surface area contributed by atoms with Crippen LogP contribution in [0.5, 0.6) is 0 Å². The molecular formula is C15H19N3O. The summed E-state index contributed by atoms with van der Waals surface area (Å²) < 4.78 is 0. The zero-order valence-corrected chi connectivity index (χ0v) is 11.1. The van der Waals surface area contributed by atoms with E-state index >= 15 is 0 Å². The summed E-state index contributed by atoms with van der Waals surface area (Å²) in [6.45, 7) is 2.22. The SMILES string of the molecule is CC1CCCCC1NC(=O)c1n[nH]c2ccccc12. The van der Waals surface area contributed by atoms with Gasteiger partial charge in [-0.3, -0.25) is 9.89 Å². The Morgan fingerprint density at radius 3 is 2.95 bits per heavy atom. The normalized spacial score (nSPS) is 23.4. The highest BCUT2D eigenvalue weighted by atomic mass is 16.2. The molecule has 1 heterocycles. The summed E-state index contributed by atoms with van der Waals surface area (Å²) in [5, 5.41) is 11.1. The molecular weight excluding hydrogens is 238 g/mol. The average Bonchev–Trinajstić information content (AvgIpc) is 2.85. The Kier molecular flexibility index (Phi) is 3.23. The molecule has 100 valence electrons. The van der Waals surface area contributed by atoms with Gasteiger partial charge in [-0.2, -0.15) is 5.10 Å². The second-order valence-electron chi connectivity index (χ2n) is 5.46. The Labute approximate surface area is 112 Å². The van der Waals surface area contributed by atoms with Gasteiger partial charge in [0.2, 0.25) is 0 Å². The minimum Gasteiger partial charge on any atom is -0.348 e. The molecule has 2 N–H and O–H groups in total. The van der Waals surface area contributed by atoms with Crippen molar-refractivity contribution in [3.05, 3.63) is 30.0 Å². The highest BCUT2D eigenvalue weighted by Gasteiger charge is 2.24.